The summed E-state index contributed by atoms with van der Waals surface area (Å²) in [6, 6.07) is 7.26. The summed E-state index contributed by atoms with van der Waals surface area (Å²) >= 11 is 0. The van der Waals surface area contributed by atoms with Gasteiger partial charge in [-0.2, -0.15) is 0 Å². The normalized spacial score (nSPS) is 19.0. The number of aryl methyl sites for hydroxylation is 1. The summed E-state index contributed by atoms with van der Waals surface area (Å²) in [6.07, 6.45) is 2.40. The zero-order valence-corrected chi connectivity index (χ0v) is 19.7. The molecule has 9 heteroatoms. The number of carbonyl (C=O) groups excluding carboxylic acids is 1. The van der Waals surface area contributed by atoms with Gasteiger partial charge in [0.05, 0.1) is 30.9 Å². The van der Waals surface area contributed by atoms with Crippen LogP contribution in [0.4, 0.5) is 0 Å². The number of carbonyl (C=O) groups is 1. The lowest BCUT2D eigenvalue weighted by Gasteiger charge is -2.32. The molecular weight excluding hydrogens is 407 g/mol. The monoisotopic (exact) mass is 442 g/mol. The molecule has 2 rings (SSSR count). The number of ether oxygens (including phenoxy) is 2. The maximum Gasteiger partial charge on any atom is 0.481 e. The lowest BCUT2D eigenvalue weighted by atomic mass is 9.75. The van der Waals surface area contributed by atoms with Crippen LogP contribution in [0.25, 0.3) is 0 Å². The minimum absolute atomic E-state index is 0. The largest absolute Gasteiger partial charge is 0.497 e. The van der Waals surface area contributed by atoms with Crippen molar-refractivity contribution in [3.63, 3.8) is 0 Å². The third-order valence-electron chi connectivity index (χ3n) is 5.73. The predicted molar refractivity (Wildman–Crippen MR) is 121 cm³/mol. The van der Waals surface area contributed by atoms with Crippen molar-refractivity contribution < 1.29 is 23.6 Å². The van der Waals surface area contributed by atoms with E-state index in [9.17, 15) is 4.79 Å². The molecule has 1 aliphatic heterocycles. The summed E-state index contributed by atoms with van der Waals surface area (Å²) in [4.78, 5) is 12.5. The third-order valence-corrected chi connectivity index (χ3v) is 5.73. The van der Waals surface area contributed by atoms with Crippen molar-refractivity contribution in [1.82, 2.24) is 5.32 Å². The van der Waals surface area contributed by atoms with Crippen LogP contribution in [0.15, 0.2) is 24.3 Å². The van der Waals surface area contributed by atoms with E-state index in [0.717, 1.165) is 18.6 Å². The average Bonchev–Trinajstić information content (AvgIpc) is 2.88. The van der Waals surface area contributed by atoms with Crippen molar-refractivity contribution in [2.45, 2.75) is 70.1 Å². The van der Waals surface area contributed by atoms with Crippen molar-refractivity contribution >= 4 is 25.4 Å². The Labute approximate surface area is 186 Å². The molecule has 0 aliphatic carbocycles. The van der Waals surface area contributed by atoms with Crippen LogP contribution < -0.4 is 15.8 Å². The first kappa shape index (κ1) is 26.7. The smallest absolute Gasteiger partial charge is 0.481 e. The SMILES string of the molecule is COCC(N)C(=O)N[C@@H](CCCc1cccc(OC)c1)B1OC(C)(C)C(C)(C)O1.Cl. The summed E-state index contributed by atoms with van der Waals surface area (Å²) < 4.78 is 22.6. The maximum absolute atomic E-state index is 12.5. The zero-order chi connectivity index (χ0) is 21.7. The van der Waals surface area contributed by atoms with Crippen LogP contribution in [0, 0.1) is 0 Å². The minimum atomic E-state index is -0.733. The molecule has 0 radical (unpaired) electrons. The van der Waals surface area contributed by atoms with Gasteiger partial charge in [-0.05, 0) is 64.7 Å². The Bertz CT molecular complexity index is 673. The fourth-order valence-corrected chi connectivity index (χ4v) is 3.23. The van der Waals surface area contributed by atoms with Gasteiger partial charge in [0.2, 0.25) is 5.91 Å². The molecule has 30 heavy (non-hydrogen) atoms. The van der Waals surface area contributed by atoms with Crippen LogP contribution in [0.5, 0.6) is 5.75 Å². The van der Waals surface area contributed by atoms with Gasteiger partial charge < -0.3 is 29.8 Å². The molecule has 2 atom stereocenters. The van der Waals surface area contributed by atoms with Crippen LogP contribution in [0.2, 0.25) is 0 Å². The van der Waals surface area contributed by atoms with E-state index in [0.29, 0.717) is 6.42 Å². The van der Waals surface area contributed by atoms with Gasteiger partial charge >= 0.3 is 7.12 Å². The molecule has 3 N–H and O–H groups in total. The summed E-state index contributed by atoms with van der Waals surface area (Å²) in [5, 5.41) is 3.01. The molecule has 7 nitrogen and oxygen atoms in total. The molecule has 1 amide bonds. The quantitative estimate of drug-likeness (QED) is 0.541. The topological polar surface area (TPSA) is 92.0 Å². The Hall–Kier alpha value is -1.32. The van der Waals surface area contributed by atoms with Crippen LogP contribution in [-0.2, 0) is 25.3 Å². The van der Waals surface area contributed by atoms with Crippen molar-refractivity contribution in [2.24, 2.45) is 5.73 Å². The number of hydrogen-bond donors (Lipinski definition) is 2. The summed E-state index contributed by atoms with van der Waals surface area (Å²) in [5.74, 6) is 0.258. The second kappa shape index (κ2) is 11.3. The lowest BCUT2D eigenvalue weighted by Crippen LogP contribution is -2.53. The second-order valence-corrected chi connectivity index (χ2v) is 8.55. The average molecular weight is 443 g/mol. The Morgan fingerprint density at radius 2 is 1.83 bits per heavy atom. The molecule has 0 bridgehead atoms. The van der Waals surface area contributed by atoms with E-state index >= 15 is 0 Å². The predicted octanol–water partition coefficient (Wildman–Crippen LogP) is 2.53. The van der Waals surface area contributed by atoms with Gasteiger partial charge in [0.25, 0.3) is 0 Å². The lowest BCUT2D eigenvalue weighted by molar-refractivity contribution is -0.123. The molecule has 170 valence electrons. The Balaban J connectivity index is 0.00000450. The number of amides is 1. The highest BCUT2D eigenvalue weighted by atomic mass is 35.5. The van der Waals surface area contributed by atoms with Gasteiger partial charge in [-0.25, -0.2) is 0 Å². The molecule has 1 aromatic carbocycles. The summed E-state index contributed by atoms with van der Waals surface area (Å²) in [7, 11) is 2.64. The molecule has 0 saturated carbocycles. The van der Waals surface area contributed by atoms with Gasteiger partial charge in [-0.3, -0.25) is 4.79 Å². The first-order chi connectivity index (χ1) is 13.6. The molecule has 1 saturated heterocycles. The Morgan fingerprint density at radius 1 is 1.20 bits per heavy atom. The van der Waals surface area contributed by atoms with E-state index in [1.807, 2.05) is 45.9 Å². The number of benzene rings is 1. The zero-order valence-electron chi connectivity index (χ0n) is 18.9. The van der Waals surface area contributed by atoms with Crippen LogP contribution >= 0.6 is 12.4 Å². The molecule has 0 aromatic heterocycles. The third kappa shape index (κ3) is 6.85. The maximum atomic E-state index is 12.5. The Morgan fingerprint density at radius 3 is 2.40 bits per heavy atom. The van der Waals surface area contributed by atoms with E-state index in [2.05, 4.69) is 11.4 Å². The van der Waals surface area contributed by atoms with Crippen LogP contribution in [0.1, 0.15) is 46.1 Å². The van der Waals surface area contributed by atoms with Crippen molar-refractivity contribution in [3.05, 3.63) is 29.8 Å². The number of nitrogens with two attached hydrogens (primary N) is 1. The molecule has 1 unspecified atom stereocenters. The molecule has 1 fully saturated rings. The summed E-state index contributed by atoms with van der Waals surface area (Å²) in [5.41, 5.74) is 6.14. The number of methoxy groups -OCH3 is 2. The van der Waals surface area contributed by atoms with Crippen LogP contribution in [0.3, 0.4) is 0 Å². The van der Waals surface area contributed by atoms with Crippen molar-refractivity contribution in [3.8, 4) is 5.75 Å². The fraction of sp³-hybridized carbons (Fsp3) is 0.667. The highest BCUT2D eigenvalue weighted by Crippen LogP contribution is 2.38. The van der Waals surface area contributed by atoms with Gasteiger partial charge in [-0.15, -0.1) is 12.4 Å². The molecule has 0 spiro atoms. The van der Waals surface area contributed by atoms with Crippen molar-refractivity contribution in [2.75, 3.05) is 20.8 Å². The van der Waals surface area contributed by atoms with E-state index in [-0.39, 0.29) is 30.9 Å². The number of rotatable bonds is 10. The summed E-state index contributed by atoms with van der Waals surface area (Å²) in [6.45, 7) is 8.15. The van der Waals surface area contributed by atoms with Gasteiger partial charge in [-0.1, -0.05) is 12.1 Å². The number of hydrogen-bond acceptors (Lipinski definition) is 6. The first-order valence-corrected chi connectivity index (χ1v) is 10.1. The highest BCUT2D eigenvalue weighted by molar-refractivity contribution is 6.48. The van der Waals surface area contributed by atoms with Gasteiger partial charge in [0.15, 0.2) is 0 Å². The van der Waals surface area contributed by atoms with E-state index in [4.69, 9.17) is 24.5 Å². The molecular formula is C21H36BClN2O5. The highest BCUT2D eigenvalue weighted by Gasteiger charge is 2.54. The van der Waals surface area contributed by atoms with E-state index < -0.39 is 24.4 Å². The van der Waals surface area contributed by atoms with Crippen LogP contribution in [-0.4, -0.2) is 57.0 Å². The molecule has 1 aliphatic rings. The van der Waals surface area contributed by atoms with Gasteiger partial charge in [0, 0.05) is 7.11 Å². The number of halogens is 1. The Kier molecular flexibility index (Phi) is 10.1. The standard InChI is InChI=1S/C21H35BN2O5.ClH/c1-20(2)21(3,4)29-22(28-20)18(24-19(25)17(23)14-26-5)12-8-10-15-9-7-11-16(13-15)27-6;/h7,9,11,13,17-18H,8,10,12,14,23H2,1-6H3,(H,24,25);1H/t17?,18-;/m0./s1. The van der Waals surface area contributed by atoms with E-state index in [1.54, 1.807) is 7.11 Å². The second-order valence-electron chi connectivity index (χ2n) is 8.55. The minimum Gasteiger partial charge on any atom is -0.497 e. The molecule has 1 heterocycles. The first-order valence-electron chi connectivity index (χ1n) is 10.1. The van der Waals surface area contributed by atoms with Gasteiger partial charge in [0.1, 0.15) is 11.8 Å². The fourth-order valence-electron chi connectivity index (χ4n) is 3.23. The van der Waals surface area contributed by atoms with Crippen molar-refractivity contribution in [1.29, 1.82) is 0 Å². The number of nitrogens with one attached hydrogen (secondary N) is 1. The van der Waals surface area contributed by atoms with E-state index in [1.165, 1.54) is 12.7 Å². The molecule has 1 aromatic rings.